The third-order valence-electron chi connectivity index (χ3n) is 4.08. The standard InChI is InChI=1S/C17H23N5O2/c1-2-3-6-19-15-13-5-4-12(11-14(13)20-17(18)21-15)16(23)22-7-9-24-10-8-22/h4-5,11H,2-3,6-10H2,1H3,(H3,18,19,20,21). The van der Waals surface area contributed by atoms with E-state index < -0.39 is 0 Å². The Morgan fingerprint density at radius 2 is 2.12 bits per heavy atom. The SMILES string of the molecule is CCCCNc1nc(N)nc2cc(C(=O)N3CCOCC3)ccc12. The quantitative estimate of drug-likeness (QED) is 0.814. The molecule has 1 aromatic carbocycles. The monoisotopic (exact) mass is 329 g/mol. The second-order valence-corrected chi connectivity index (χ2v) is 5.85. The maximum atomic E-state index is 12.6. The van der Waals surface area contributed by atoms with Gasteiger partial charge in [0, 0.05) is 30.6 Å². The van der Waals surface area contributed by atoms with Crippen LogP contribution in [0.1, 0.15) is 30.1 Å². The zero-order valence-electron chi connectivity index (χ0n) is 13.9. The molecule has 2 heterocycles. The van der Waals surface area contributed by atoms with Crippen LogP contribution < -0.4 is 11.1 Å². The van der Waals surface area contributed by atoms with Crippen molar-refractivity contribution in [3.05, 3.63) is 23.8 Å². The van der Waals surface area contributed by atoms with Crippen molar-refractivity contribution >= 4 is 28.6 Å². The molecule has 7 heteroatoms. The molecule has 24 heavy (non-hydrogen) atoms. The molecule has 1 aliphatic rings. The van der Waals surface area contributed by atoms with E-state index in [4.69, 9.17) is 10.5 Å². The number of carbonyl (C=O) groups excluding carboxylic acids is 1. The fourth-order valence-electron chi connectivity index (χ4n) is 2.75. The van der Waals surface area contributed by atoms with Crippen molar-refractivity contribution in [3.8, 4) is 0 Å². The number of carbonyl (C=O) groups is 1. The van der Waals surface area contributed by atoms with E-state index >= 15 is 0 Å². The Bertz CT molecular complexity index is 728. The van der Waals surface area contributed by atoms with Crippen molar-refractivity contribution in [2.75, 3.05) is 43.9 Å². The predicted molar refractivity (Wildman–Crippen MR) is 94.1 cm³/mol. The lowest BCUT2D eigenvalue weighted by Gasteiger charge is -2.26. The summed E-state index contributed by atoms with van der Waals surface area (Å²) in [5, 5.41) is 4.17. The lowest BCUT2D eigenvalue weighted by molar-refractivity contribution is 0.0303. The number of anilines is 2. The van der Waals surface area contributed by atoms with Crippen molar-refractivity contribution in [3.63, 3.8) is 0 Å². The Labute approximate surface area is 141 Å². The average Bonchev–Trinajstić information content (AvgIpc) is 2.61. The summed E-state index contributed by atoms with van der Waals surface area (Å²) in [6.07, 6.45) is 2.16. The Kier molecular flexibility index (Phi) is 5.10. The Morgan fingerprint density at radius 1 is 1.33 bits per heavy atom. The van der Waals surface area contributed by atoms with Crippen LogP contribution in [-0.4, -0.2) is 53.6 Å². The zero-order chi connectivity index (χ0) is 16.9. The number of nitrogen functional groups attached to an aromatic ring is 1. The molecule has 0 saturated carbocycles. The molecule has 0 bridgehead atoms. The van der Waals surface area contributed by atoms with Crippen molar-refractivity contribution in [1.82, 2.24) is 14.9 Å². The number of nitrogens with zero attached hydrogens (tertiary/aromatic N) is 3. The smallest absolute Gasteiger partial charge is 0.254 e. The highest BCUT2D eigenvalue weighted by Crippen LogP contribution is 2.23. The summed E-state index contributed by atoms with van der Waals surface area (Å²) >= 11 is 0. The molecule has 7 nitrogen and oxygen atoms in total. The van der Waals surface area contributed by atoms with E-state index in [1.165, 1.54) is 0 Å². The maximum absolute atomic E-state index is 12.6. The van der Waals surface area contributed by atoms with Crippen LogP contribution in [0.25, 0.3) is 10.9 Å². The molecule has 2 aromatic rings. The lowest BCUT2D eigenvalue weighted by atomic mass is 10.1. The van der Waals surface area contributed by atoms with Gasteiger partial charge >= 0.3 is 0 Å². The van der Waals surface area contributed by atoms with Gasteiger partial charge in [-0.3, -0.25) is 4.79 Å². The molecule has 0 radical (unpaired) electrons. The number of aromatic nitrogens is 2. The van der Waals surface area contributed by atoms with Crippen LogP contribution in [0.2, 0.25) is 0 Å². The number of nitrogens with one attached hydrogen (secondary N) is 1. The lowest BCUT2D eigenvalue weighted by Crippen LogP contribution is -2.40. The first-order valence-electron chi connectivity index (χ1n) is 8.37. The molecular formula is C17H23N5O2. The number of nitrogens with two attached hydrogens (primary N) is 1. The van der Waals surface area contributed by atoms with Crippen LogP contribution in [-0.2, 0) is 4.74 Å². The second kappa shape index (κ2) is 7.44. The minimum atomic E-state index is -0.00197. The first kappa shape index (κ1) is 16.4. The van der Waals surface area contributed by atoms with Gasteiger partial charge < -0.3 is 20.7 Å². The summed E-state index contributed by atoms with van der Waals surface area (Å²) < 4.78 is 5.29. The Hall–Kier alpha value is -2.41. The number of hydrogen-bond donors (Lipinski definition) is 2. The predicted octanol–water partition coefficient (Wildman–Crippen LogP) is 1.90. The van der Waals surface area contributed by atoms with Crippen molar-refractivity contribution in [2.45, 2.75) is 19.8 Å². The van der Waals surface area contributed by atoms with E-state index in [9.17, 15) is 4.79 Å². The van der Waals surface area contributed by atoms with Gasteiger partial charge in [0.15, 0.2) is 0 Å². The summed E-state index contributed by atoms with van der Waals surface area (Å²) in [6, 6.07) is 5.50. The molecule has 0 aliphatic carbocycles. The normalized spacial score (nSPS) is 14.8. The van der Waals surface area contributed by atoms with E-state index in [1.54, 1.807) is 11.0 Å². The molecule has 0 atom stereocenters. The fraction of sp³-hybridized carbons (Fsp3) is 0.471. The maximum Gasteiger partial charge on any atom is 0.254 e. The van der Waals surface area contributed by atoms with Crippen molar-refractivity contribution < 1.29 is 9.53 Å². The van der Waals surface area contributed by atoms with Gasteiger partial charge in [0.05, 0.1) is 18.7 Å². The fourth-order valence-corrected chi connectivity index (χ4v) is 2.75. The van der Waals surface area contributed by atoms with Crippen LogP contribution >= 0.6 is 0 Å². The van der Waals surface area contributed by atoms with E-state index in [1.807, 2.05) is 12.1 Å². The van der Waals surface area contributed by atoms with Gasteiger partial charge in [0.25, 0.3) is 5.91 Å². The average molecular weight is 329 g/mol. The van der Waals surface area contributed by atoms with Crippen molar-refractivity contribution in [2.24, 2.45) is 0 Å². The molecule has 1 aromatic heterocycles. The van der Waals surface area contributed by atoms with E-state index in [0.29, 0.717) is 37.4 Å². The van der Waals surface area contributed by atoms with Crippen LogP contribution in [0.15, 0.2) is 18.2 Å². The number of amides is 1. The summed E-state index contributed by atoms with van der Waals surface area (Å²) in [5.74, 6) is 0.923. The molecule has 128 valence electrons. The minimum absolute atomic E-state index is 0.00197. The molecule has 3 rings (SSSR count). The van der Waals surface area contributed by atoms with Crippen LogP contribution in [0.3, 0.4) is 0 Å². The highest BCUT2D eigenvalue weighted by Gasteiger charge is 2.19. The molecule has 1 fully saturated rings. The molecular weight excluding hydrogens is 306 g/mol. The first-order chi connectivity index (χ1) is 11.7. The van der Waals surface area contributed by atoms with Crippen LogP contribution in [0.4, 0.5) is 11.8 Å². The van der Waals surface area contributed by atoms with Gasteiger partial charge in [-0.1, -0.05) is 13.3 Å². The van der Waals surface area contributed by atoms with E-state index in [2.05, 4.69) is 22.2 Å². The number of fused-ring (bicyclic) bond motifs is 1. The number of hydrogen-bond acceptors (Lipinski definition) is 6. The Balaban J connectivity index is 1.88. The number of unbranched alkanes of at least 4 members (excludes halogenated alkanes) is 1. The molecule has 1 amide bonds. The van der Waals surface area contributed by atoms with Crippen LogP contribution in [0, 0.1) is 0 Å². The van der Waals surface area contributed by atoms with Gasteiger partial charge in [-0.25, -0.2) is 4.98 Å². The third-order valence-corrected chi connectivity index (χ3v) is 4.08. The highest BCUT2D eigenvalue weighted by atomic mass is 16.5. The largest absolute Gasteiger partial charge is 0.378 e. The van der Waals surface area contributed by atoms with Gasteiger partial charge in [-0.05, 0) is 24.6 Å². The Morgan fingerprint density at radius 3 is 2.88 bits per heavy atom. The van der Waals surface area contributed by atoms with Gasteiger partial charge in [-0.15, -0.1) is 0 Å². The molecule has 1 saturated heterocycles. The van der Waals surface area contributed by atoms with E-state index in [0.717, 1.165) is 30.6 Å². The molecule has 1 aliphatic heterocycles. The topological polar surface area (TPSA) is 93.4 Å². The summed E-state index contributed by atoms with van der Waals surface area (Å²) in [4.78, 5) is 23.0. The van der Waals surface area contributed by atoms with Crippen LogP contribution in [0.5, 0.6) is 0 Å². The second-order valence-electron chi connectivity index (χ2n) is 5.85. The zero-order valence-corrected chi connectivity index (χ0v) is 13.9. The number of benzene rings is 1. The van der Waals surface area contributed by atoms with E-state index in [-0.39, 0.29) is 11.9 Å². The summed E-state index contributed by atoms with van der Waals surface area (Å²) in [5.41, 5.74) is 7.12. The summed E-state index contributed by atoms with van der Waals surface area (Å²) in [7, 11) is 0. The van der Waals surface area contributed by atoms with Crippen molar-refractivity contribution in [1.29, 1.82) is 0 Å². The van der Waals surface area contributed by atoms with Gasteiger partial charge in [-0.2, -0.15) is 4.98 Å². The molecule has 0 unspecified atom stereocenters. The minimum Gasteiger partial charge on any atom is -0.378 e. The highest BCUT2D eigenvalue weighted by molar-refractivity contribution is 6.00. The number of rotatable bonds is 5. The molecule has 3 N–H and O–H groups in total. The molecule has 0 spiro atoms. The number of morpholine rings is 1. The summed E-state index contributed by atoms with van der Waals surface area (Å²) in [6.45, 7) is 5.37. The van der Waals surface area contributed by atoms with Gasteiger partial charge in [0.2, 0.25) is 5.95 Å². The first-order valence-corrected chi connectivity index (χ1v) is 8.37. The number of ether oxygens (including phenoxy) is 1. The third kappa shape index (κ3) is 3.56. The van der Waals surface area contributed by atoms with Gasteiger partial charge in [0.1, 0.15) is 5.82 Å².